The van der Waals surface area contributed by atoms with Crippen molar-refractivity contribution in [2.45, 2.75) is 76.4 Å². The quantitative estimate of drug-likeness (QED) is 0.335. The molecule has 2 heterocycles. The van der Waals surface area contributed by atoms with Crippen molar-refractivity contribution in [3.63, 3.8) is 0 Å². The zero-order chi connectivity index (χ0) is 25.4. The summed E-state index contributed by atoms with van der Waals surface area (Å²) in [6, 6.07) is 12.8. The Morgan fingerprint density at radius 3 is 2.63 bits per heavy atom. The van der Waals surface area contributed by atoms with E-state index < -0.39 is 36.6 Å². The maximum absolute atomic E-state index is 14.2. The van der Waals surface area contributed by atoms with Gasteiger partial charge in [-0.1, -0.05) is 37.3 Å². The van der Waals surface area contributed by atoms with Crippen LogP contribution >= 0.6 is 11.3 Å². The van der Waals surface area contributed by atoms with Gasteiger partial charge in [-0.15, -0.1) is 11.3 Å². The van der Waals surface area contributed by atoms with Gasteiger partial charge < -0.3 is 19.8 Å². The van der Waals surface area contributed by atoms with Gasteiger partial charge in [-0.25, -0.2) is 4.79 Å². The zero-order valence-corrected chi connectivity index (χ0v) is 20.7. The largest absolute Gasteiger partial charge is 0.512 e. The summed E-state index contributed by atoms with van der Waals surface area (Å²) in [5.41, 5.74) is 1.25. The molecule has 2 aromatic rings. The van der Waals surface area contributed by atoms with Crippen molar-refractivity contribution < 1.29 is 33.3 Å². The first-order valence-corrected chi connectivity index (χ1v) is 12.9. The molecule has 0 radical (unpaired) electrons. The molecule has 1 aromatic carbocycles. The number of hydrogen-bond acceptors (Lipinski definition) is 5. The average Bonchev–Trinajstić information content (AvgIpc) is 3.34. The van der Waals surface area contributed by atoms with Gasteiger partial charge in [0.05, 0.1) is 6.10 Å². The number of carbonyl (C=O) groups excluding carboxylic acids is 1. The van der Waals surface area contributed by atoms with Crippen molar-refractivity contribution >= 4 is 23.4 Å². The lowest BCUT2D eigenvalue weighted by atomic mass is 9.92. The molecule has 3 rings (SSSR count). The van der Waals surface area contributed by atoms with Gasteiger partial charge in [0.15, 0.2) is 5.06 Å². The van der Waals surface area contributed by atoms with Crippen molar-refractivity contribution in [3.05, 3.63) is 52.9 Å². The first-order valence-electron chi connectivity index (χ1n) is 12.1. The topological polar surface area (TPSA) is 87.1 Å². The van der Waals surface area contributed by atoms with E-state index in [0.717, 1.165) is 24.1 Å². The number of ether oxygens (including phenoxy) is 1. The molecule has 1 fully saturated rings. The van der Waals surface area contributed by atoms with Crippen LogP contribution in [0.15, 0.2) is 42.5 Å². The van der Waals surface area contributed by atoms with Crippen LogP contribution < -0.4 is 4.74 Å². The third kappa shape index (κ3) is 8.00. The van der Waals surface area contributed by atoms with Crippen LogP contribution in [0.4, 0.5) is 13.6 Å². The number of benzene rings is 1. The molecular formula is C26H33F2NO5S. The predicted octanol–water partition coefficient (Wildman–Crippen LogP) is 5.77. The third-order valence-electron chi connectivity index (χ3n) is 6.57. The number of aliphatic hydroxyl groups is 1. The van der Waals surface area contributed by atoms with Crippen molar-refractivity contribution in [2.75, 3.05) is 6.54 Å². The standard InChI is InChI=1S/C26H33F2NO5S/c1-18(7-5-10-19-8-3-2-4-9-19)22(30)14-12-20-17-26(27,28)24(31)29(20)16-6-11-21-13-15-23(35-21)34-25(32)33/h2-4,8-9,13,15,18,20,22,30H,5-7,10-12,14,16-17H2,1H3,(H,32,33)/t18-,20-,22+/m0/s1. The van der Waals surface area contributed by atoms with Crippen molar-refractivity contribution in [2.24, 2.45) is 5.92 Å². The van der Waals surface area contributed by atoms with E-state index in [4.69, 9.17) is 5.11 Å². The molecule has 0 bridgehead atoms. The van der Waals surface area contributed by atoms with Crippen LogP contribution in [-0.4, -0.2) is 51.8 Å². The maximum atomic E-state index is 14.2. The number of thiophene rings is 1. The number of aryl methyl sites for hydroxylation is 2. The number of halogens is 2. The number of carboxylic acid groups (broad SMARTS) is 1. The number of carbonyl (C=O) groups is 2. The second-order valence-corrected chi connectivity index (χ2v) is 10.4. The lowest BCUT2D eigenvalue weighted by molar-refractivity contribution is -0.148. The monoisotopic (exact) mass is 509 g/mol. The molecular weight excluding hydrogens is 476 g/mol. The normalized spacial score (nSPS) is 19.0. The van der Waals surface area contributed by atoms with Crippen molar-refractivity contribution in [3.8, 4) is 5.06 Å². The van der Waals surface area contributed by atoms with Crippen LogP contribution in [0.2, 0.25) is 0 Å². The molecule has 1 saturated heterocycles. The van der Waals surface area contributed by atoms with Crippen LogP contribution in [0.25, 0.3) is 0 Å². The number of aliphatic hydroxyl groups excluding tert-OH is 1. The number of likely N-dealkylation sites (tertiary alicyclic amines) is 1. The highest BCUT2D eigenvalue weighted by Gasteiger charge is 2.52. The van der Waals surface area contributed by atoms with E-state index in [1.54, 1.807) is 12.1 Å². The van der Waals surface area contributed by atoms with E-state index in [2.05, 4.69) is 16.9 Å². The summed E-state index contributed by atoms with van der Waals surface area (Å²) in [5, 5.41) is 19.5. The second kappa shape index (κ2) is 12.4. The van der Waals surface area contributed by atoms with Gasteiger partial charge in [0.1, 0.15) is 0 Å². The predicted molar refractivity (Wildman–Crippen MR) is 130 cm³/mol. The minimum Gasteiger partial charge on any atom is -0.449 e. The van der Waals surface area contributed by atoms with Crippen LogP contribution in [0.5, 0.6) is 5.06 Å². The van der Waals surface area contributed by atoms with Crippen molar-refractivity contribution in [1.82, 2.24) is 4.90 Å². The average molecular weight is 510 g/mol. The fourth-order valence-electron chi connectivity index (χ4n) is 4.58. The number of amides is 1. The van der Waals surface area contributed by atoms with Crippen molar-refractivity contribution in [1.29, 1.82) is 0 Å². The first kappa shape index (κ1) is 27.1. The molecule has 35 heavy (non-hydrogen) atoms. The molecule has 192 valence electrons. The summed E-state index contributed by atoms with van der Waals surface area (Å²) in [6.45, 7) is 2.17. The van der Waals surface area contributed by atoms with Crippen LogP contribution in [0.3, 0.4) is 0 Å². The lowest BCUT2D eigenvalue weighted by Crippen LogP contribution is -2.37. The SMILES string of the molecule is C[C@@H](CCCc1ccccc1)[C@H](O)CC[C@H]1CC(F)(F)C(=O)N1CCCc1ccc(OC(=O)O)s1. The summed E-state index contributed by atoms with van der Waals surface area (Å²) in [5.74, 6) is -4.47. The summed E-state index contributed by atoms with van der Waals surface area (Å²) in [7, 11) is 0. The Labute approximate surface area is 208 Å². The highest BCUT2D eigenvalue weighted by Crippen LogP contribution is 2.36. The summed E-state index contributed by atoms with van der Waals surface area (Å²) in [4.78, 5) is 25.0. The summed E-state index contributed by atoms with van der Waals surface area (Å²) < 4.78 is 33.0. The van der Waals surface area contributed by atoms with Gasteiger partial charge in [-0.2, -0.15) is 8.78 Å². The Bertz CT molecular complexity index is 968. The number of alkyl halides is 2. The summed E-state index contributed by atoms with van der Waals surface area (Å²) >= 11 is 1.18. The van der Waals surface area contributed by atoms with Gasteiger partial charge in [0.25, 0.3) is 5.91 Å². The van der Waals surface area contributed by atoms with Gasteiger partial charge in [-0.05, 0) is 68.6 Å². The van der Waals surface area contributed by atoms with Gasteiger partial charge in [0.2, 0.25) is 0 Å². The van der Waals surface area contributed by atoms with Gasteiger partial charge >= 0.3 is 12.1 Å². The van der Waals surface area contributed by atoms with E-state index in [-0.39, 0.29) is 17.5 Å². The van der Waals surface area contributed by atoms with Crippen LogP contribution in [0.1, 0.15) is 55.9 Å². The fourth-order valence-corrected chi connectivity index (χ4v) is 5.47. The molecule has 3 atom stereocenters. The summed E-state index contributed by atoms with van der Waals surface area (Å²) in [6.07, 6.45) is 1.92. The molecule has 1 aromatic heterocycles. The Hall–Kier alpha value is -2.52. The first-order chi connectivity index (χ1) is 16.7. The molecule has 0 spiro atoms. The number of hydrogen-bond donors (Lipinski definition) is 2. The van der Waals surface area contributed by atoms with Crippen LogP contribution in [-0.2, 0) is 17.6 Å². The molecule has 1 amide bonds. The molecule has 0 saturated carbocycles. The molecule has 1 aliphatic heterocycles. The Balaban J connectivity index is 1.45. The fraction of sp³-hybridized carbons (Fsp3) is 0.538. The maximum Gasteiger partial charge on any atom is 0.512 e. The highest BCUT2D eigenvalue weighted by atomic mass is 32.1. The van der Waals surface area contributed by atoms with E-state index in [9.17, 15) is 23.5 Å². The van der Waals surface area contributed by atoms with E-state index >= 15 is 0 Å². The Kier molecular flexibility index (Phi) is 9.63. The highest BCUT2D eigenvalue weighted by molar-refractivity contribution is 7.13. The molecule has 0 unspecified atom stereocenters. The van der Waals surface area contributed by atoms with E-state index in [1.165, 1.54) is 21.8 Å². The van der Waals surface area contributed by atoms with Gasteiger partial charge in [-0.3, -0.25) is 4.79 Å². The smallest absolute Gasteiger partial charge is 0.449 e. The van der Waals surface area contributed by atoms with E-state index in [1.807, 2.05) is 25.1 Å². The lowest BCUT2D eigenvalue weighted by Gasteiger charge is -2.26. The number of nitrogens with zero attached hydrogens (tertiary/aromatic N) is 1. The van der Waals surface area contributed by atoms with Crippen LogP contribution in [0, 0.1) is 5.92 Å². The molecule has 1 aliphatic rings. The Morgan fingerprint density at radius 2 is 1.91 bits per heavy atom. The minimum absolute atomic E-state index is 0.0471. The third-order valence-corrected chi connectivity index (χ3v) is 7.60. The number of rotatable bonds is 13. The molecule has 2 N–H and O–H groups in total. The molecule has 6 nitrogen and oxygen atoms in total. The molecule has 0 aliphatic carbocycles. The second-order valence-electron chi connectivity index (χ2n) is 9.25. The zero-order valence-electron chi connectivity index (χ0n) is 19.9. The molecule has 9 heteroatoms. The van der Waals surface area contributed by atoms with E-state index in [0.29, 0.717) is 25.7 Å². The van der Waals surface area contributed by atoms with Gasteiger partial charge in [0, 0.05) is 23.9 Å². The Morgan fingerprint density at radius 1 is 1.17 bits per heavy atom. The minimum atomic E-state index is -3.37.